The quantitative estimate of drug-likeness (QED) is 0.157. The molecule has 0 unspecified atom stereocenters. The molecule has 1 aromatic carbocycles. The Morgan fingerprint density at radius 2 is 0.900 bits per heavy atom. The Morgan fingerprint density at radius 1 is 0.567 bits per heavy atom. The maximum Gasteiger partial charge on any atom is 0.142 e. The molecule has 0 aliphatic carbocycles. The summed E-state index contributed by atoms with van der Waals surface area (Å²) in [5, 5.41) is 10.7. The first-order chi connectivity index (χ1) is 14.7. The Kier molecular flexibility index (Phi) is 18.0. The molecule has 1 N–H and O–H groups in total. The van der Waals surface area contributed by atoms with E-state index >= 15 is 0 Å². The third-order valence-electron chi connectivity index (χ3n) is 5.70. The second kappa shape index (κ2) is 19.4. The van der Waals surface area contributed by atoms with Gasteiger partial charge in [-0.15, -0.1) is 23.5 Å². The van der Waals surface area contributed by atoms with E-state index in [0.717, 1.165) is 21.3 Å². The van der Waals surface area contributed by atoms with Crippen LogP contribution < -0.4 is 0 Å². The molecule has 1 nitrogen and oxygen atoms in total. The van der Waals surface area contributed by atoms with E-state index in [4.69, 9.17) is 0 Å². The molecule has 0 spiro atoms. The highest BCUT2D eigenvalue weighted by molar-refractivity contribution is 8.00. The Labute approximate surface area is 196 Å². The van der Waals surface area contributed by atoms with Crippen molar-refractivity contribution in [1.29, 1.82) is 0 Å². The highest BCUT2D eigenvalue weighted by Gasteiger charge is 2.10. The van der Waals surface area contributed by atoms with Gasteiger partial charge >= 0.3 is 0 Å². The summed E-state index contributed by atoms with van der Waals surface area (Å²) >= 11 is 3.68. The first-order valence-corrected chi connectivity index (χ1v) is 14.7. The minimum absolute atomic E-state index is 0.523. The zero-order chi connectivity index (χ0) is 21.9. The molecule has 0 heterocycles. The third-order valence-corrected chi connectivity index (χ3v) is 7.93. The summed E-state index contributed by atoms with van der Waals surface area (Å²) in [6.45, 7) is 6.71. The topological polar surface area (TPSA) is 20.2 Å². The van der Waals surface area contributed by atoms with Gasteiger partial charge in [0.25, 0.3) is 0 Å². The largest absolute Gasteiger partial charge is 0.506 e. The van der Waals surface area contributed by atoms with E-state index in [1.165, 1.54) is 108 Å². The second-order valence-electron chi connectivity index (χ2n) is 8.76. The molecule has 0 aliphatic rings. The minimum Gasteiger partial charge on any atom is -0.506 e. The van der Waals surface area contributed by atoms with Crippen molar-refractivity contribution in [3.8, 4) is 5.75 Å². The summed E-state index contributed by atoms with van der Waals surface area (Å²) < 4.78 is 0. The zero-order valence-corrected chi connectivity index (χ0v) is 21.8. The lowest BCUT2D eigenvalue weighted by atomic mass is 10.1. The normalized spacial score (nSPS) is 11.3. The van der Waals surface area contributed by atoms with Crippen molar-refractivity contribution in [1.82, 2.24) is 0 Å². The van der Waals surface area contributed by atoms with Crippen LogP contribution in [-0.4, -0.2) is 16.6 Å². The Hall–Kier alpha value is -0.280. The SMILES string of the molecule is CCCCCCCCCCSc1cc(C)cc(SCCCCCCCCCC)c1O. The van der Waals surface area contributed by atoms with Gasteiger partial charge in [0, 0.05) is 0 Å². The van der Waals surface area contributed by atoms with E-state index < -0.39 is 0 Å². The van der Waals surface area contributed by atoms with E-state index in [-0.39, 0.29) is 0 Å². The smallest absolute Gasteiger partial charge is 0.142 e. The fraction of sp³-hybridized carbons (Fsp3) is 0.778. The van der Waals surface area contributed by atoms with Crippen molar-refractivity contribution < 1.29 is 5.11 Å². The summed E-state index contributed by atoms with van der Waals surface area (Å²) in [6, 6.07) is 4.32. The number of rotatable bonds is 20. The van der Waals surface area contributed by atoms with E-state index in [1.807, 2.05) is 23.5 Å². The van der Waals surface area contributed by atoms with Crippen molar-refractivity contribution in [2.75, 3.05) is 11.5 Å². The minimum atomic E-state index is 0.523. The molecule has 30 heavy (non-hydrogen) atoms. The van der Waals surface area contributed by atoms with Crippen molar-refractivity contribution in [3.05, 3.63) is 17.7 Å². The van der Waals surface area contributed by atoms with Gasteiger partial charge in [-0.2, -0.15) is 0 Å². The molecule has 0 fully saturated rings. The van der Waals surface area contributed by atoms with Crippen LogP contribution in [0.1, 0.15) is 122 Å². The second-order valence-corrected chi connectivity index (χ2v) is 11.0. The van der Waals surface area contributed by atoms with Crippen molar-refractivity contribution >= 4 is 23.5 Å². The number of benzene rings is 1. The highest BCUT2D eigenvalue weighted by atomic mass is 32.2. The average Bonchev–Trinajstić information content (AvgIpc) is 2.74. The molecular formula is C27H48OS2. The zero-order valence-electron chi connectivity index (χ0n) is 20.1. The van der Waals surface area contributed by atoms with Crippen molar-refractivity contribution in [2.45, 2.75) is 133 Å². The number of unbranched alkanes of at least 4 members (excludes halogenated alkanes) is 14. The van der Waals surface area contributed by atoms with Gasteiger partial charge in [-0.05, 0) is 49.0 Å². The summed E-state index contributed by atoms with van der Waals surface area (Å²) in [6.07, 6.45) is 21.7. The van der Waals surface area contributed by atoms with Gasteiger partial charge in [-0.25, -0.2) is 0 Å². The van der Waals surface area contributed by atoms with E-state index in [0.29, 0.717) is 5.75 Å². The van der Waals surface area contributed by atoms with Crippen molar-refractivity contribution in [2.24, 2.45) is 0 Å². The molecule has 0 amide bonds. The predicted octanol–water partition coefficient (Wildman–Crippen LogP) is 10.2. The third kappa shape index (κ3) is 13.9. The molecular weight excluding hydrogens is 404 g/mol. The lowest BCUT2D eigenvalue weighted by Crippen LogP contribution is -1.88. The van der Waals surface area contributed by atoms with E-state index in [2.05, 4.69) is 32.9 Å². The molecule has 0 radical (unpaired) electrons. The van der Waals surface area contributed by atoms with Crippen molar-refractivity contribution in [3.63, 3.8) is 0 Å². The molecule has 0 bridgehead atoms. The molecule has 0 aliphatic heterocycles. The van der Waals surface area contributed by atoms with Crippen LogP contribution >= 0.6 is 23.5 Å². The van der Waals surface area contributed by atoms with Gasteiger partial charge in [0.15, 0.2) is 0 Å². The van der Waals surface area contributed by atoms with Gasteiger partial charge in [-0.3, -0.25) is 0 Å². The lowest BCUT2D eigenvalue weighted by Gasteiger charge is -2.11. The average molecular weight is 453 g/mol. The Bertz CT molecular complexity index is 487. The predicted molar refractivity (Wildman–Crippen MR) is 140 cm³/mol. The number of aryl methyl sites for hydroxylation is 1. The van der Waals surface area contributed by atoms with Gasteiger partial charge < -0.3 is 5.11 Å². The van der Waals surface area contributed by atoms with Gasteiger partial charge in [0.05, 0.1) is 9.79 Å². The van der Waals surface area contributed by atoms with Crippen LogP contribution in [0.4, 0.5) is 0 Å². The van der Waals surface area contributed by atoms with Crippen LogP contribution in [0, 0.1) is 6.92 Å². The molecule has 174 valence electrons. The van der Waals surface area contributed by atoms with Crippen LogP contribution in [0.5, 0.6) is 5.75 Å². The Balaban J connectivity index is 2.20. The number of thioether (sulfide) groups is 2. The molecule has 0 saturated carbocycles. The molecule has 0 saturated heterocycles. The van der Waals surface area contributed by atoms with Gasteiger partial charge in [0.2, 0.25) is 0 Å². The maximum atomic E-state index is 10.7. The van der Waals surface area contributed by atoms with E-state index in [1.54, 1.807) is 0 Å². The molecule has 0 atom stereocenters. The number of phenolic OH excluding ortho intramolecular Hbond substituents is 1. The summed E-state index contributed by atoms with van der Waals surface area (Å²) in [7, 11) is 0. The fourth-order valence-corrected chi connectivity index (χ4v) is 6.00. The van der Waals surface area contributed by atoms with Crippen LogP contribution in [0.3, 0.4) is 0 Å². The molecule has 0 aromatic heterocycles. The summed E-state index contributed by atoms with van der Waals surface area (Å²) in [4.78, 5) is 2.16. The lowest BCUT2D eigenvalue weighted by molar-refractivity contribution is 0.448. The maximum absolute atomic E-state index is 10.7. The van der Waals surface area contributed by atoms with Crippen LogP contribution in [0.2, 0.25) is 0 Å². The summed E-state index contributed by atoms with van der Waals surface area (Å²) in [5.41, 5.74) is 1.27. The van der Waals surface area contributed by atoms with Crippen LogP contribution in [-0.2, 0) is 0 Å². The van der Waals surface area contributed by atoms with Gasteiger partial charge in [0.1, 0.15) is 5.75 Å². The number of hydrogen-bond acceptors (Lipinski definition) is 3. The van der Waals surface area contributed by atoms with Gasteiger partial charge in [-0.1, -0.05) is 104 Å². The number of phenols is 1. The number of hydrogen-bond donors (Lipinski definition) is 1. The monoisotopic (exact) mass is 452 g/mol. The first kappa shape index (κ1) is 27.8. The van der Waals surface area contributed by atoms with Crippen LogP contribution in [0.15, 0.2) is 21.9 Å². The van der Waals surface area contributed by atoms with Crippen LogP contribution in [0.25, 0.3) is 0 Å². The highest BCUT2D eigenvalue weighted by Crippen LogP contribution is 2.39. The fourth-order valence-electron chi connectivity index (χ4n) is 3.77. The molecule has 1 rings (SSSR count). The molecule has 1 aromatic rings. The van der Waals surface area contributed by atoms with E-state index in [9.17, 15) is 5.11 Å². The molecule has 3 heteroatoms. The number of aromatic hydroxyl groups is 1. The standard InChI is InChI=1S/C27H48OS2/c1-4-6-8-10-12-14-16-18-20-29-25-22-24(3)23-26(27(25)28)30-21-19-17-15-13-11-9-7-5-2/h22-23,28H,4-21H2,1-3H3. The summed E-state index contributed by atoms with van der Waals surface area (Å²) in [5.74, 6) is 2.76. The Morgan fingerprint density at radius 3 is 1.27 bits per heavy atom. The first-order valence-electron chi connectivity index (χ1n) is 12.8.